The summed E-state index contributed by atoms with van der Waals surface area (Å²) in [6.45, 7) is 1.60. The Bertz CT molecular complexity index is 498. The molecule has 2 unspecified atom stereocenters. The molecule has 1 aliphatic heterocycles. The fourth-order valence-electron chi connectivity index (χ4n) is 3.99. The summed E-state index contributed by atoms with van der Waals surface area (Å²) < 4.78 is 0. The van der Waals surface area contributed by atoms with Crippen molar-refractivity contribution in [1.29, 1.82) is 0 Å². The SMILES string of the molecule is NCCC1CCCCN1C(=O)C1CCCc2ccccc21. The van der Waals surface area contributed by atoms with Crippen LogP contribution in [-0.2, 0) is 11.2 Å². The first kappa shape index (κ1) is 14.6. The van der Waals surface area contributed by atoms with Gasteiger partial charge in [0.05, 0.1) is 5.92 Å². The highest BCUT2D eigenvalue weighted by molar-refractivity contribution is 5.84. The van der Waals surface area contributed by atoms with Gasteiger partial charge < -0.3 is 10.6 Å². The summed E-state index contributed by atoms with van der Waals surface area (Å²) in [6.07, 6.45) is 7.69. The van der Waals surface area contributed by atoms with Crippen molar-refractivity contribution in [2.24, 2.45) is 5.73 Å². The van der Waals surface area contributed by atoms with Crippen LogP contribution < -0.4 is 5.73 Å². The first-order chi connectivity index (χ1) is 10.3. The zero-order chi connectivity index (χ0) is 14.7. The third-order valence-corrected chi connectivity index (χ3v) is 5.08. The average Bonchev–Trinajstić information content (AvgIpc) is 2.54. The molecule has 1 heterocycles. The van der Waals surface area contributed by atoms with Crippen LogP contribution >= 0.6 is 0 Å². The molecule has 1 fully saturated rings. The van der Waals surface area contributed by atoms with Gasteiger partial charge >= 0.3 is 0 Å². The lowest BCUT2D eigenvalue weighted by atomic mass is 9.81. The highest BCUT2D eigenvalue weighted by Crippen LogP contribution is 2.34. The van der Waals surface area contributed by atoms with E-state index in [9.17, 15) is 4.79 Å². The minimum absolute atomic E-state index is 0.0772. The second-order valence-electron chi connectivity index (χ2n) is 6.40. The van der Waals surface area contributed by atoms with Crippen LogP contribution in [0.2, 0.25) is 0 Å². The van der Waals surface area contributed by atoms with Crippen molar-refractivity contribution < 1.29 is 4.79 Å². The van der Waals surface area contributed by atoms with E-state index < -0.39 is 0 Å². The maximum absolute atomic E-state index is 13.1. The molecule has 0 aromatic heterocycles. The number of hydrogen-bond acceptors (Lipinski definition) is 2. The molecule has 1 amide bonds. The van der Waals surface area contributed by atoms with Gasteiger partial charge in [-0.15, -0.1) is 0 Å². The van der Waals surface area contributed by atoms with Gasteiger partial charge in [0.15, 0.2) is 0 Å². The molecule has 3 rings (SSSR count). The van der Waals surface area contributed by atoms with Crippen molar-refractivity contribution in [3.05, 3.63) is 35.4 Å². The van der Waals surface area contributed by atoms with E-state index in [-0.39, 0.29) is 5.92 Å². The number of likely N-dealkylation sites (tertiary alicyclic amines) is 1. The molecule has 0 radical (unpaired) electrons. The van der Waals surface area contributed by atoms with Crippen molar-refractivity contribution in [3.63, 3.8) is 0 Å². The van der Waals surface area contributed by atoms with Crippen molar-refractivity contribution in [2.45, 2.75) is 56.9 Å². The number of nitrogens with zero attached hydrogens (tertiary/aromatic N) is 1. The second-order valence-corrected chi connectivity index (χ2v) is 6.40. The quantitative estimate of drug-likeness (QED) is 0.928. The monoisotopic (exact) mass is 286 g/mol. The second kappa shape index (κ2) is 6.61. The third-order valence-electron chi connectivity index (χ3n) is 5.08. The fourth-order valence-corrected chi connectivity index (χ4v) is 3.99. The number of rotatable bonds is 3. The third kappa shape index (κ3) is 2.98. The topological polar surface area (TPSA) is 46.3 Å². The van der Waals surface area contributed by atoms with E-state index in [1.54, 1.807) is 0 Å². The molecule has 114 valence electrons. The van der Waals surface area contributed by atoms with Crippen LogP contribution in [0.15, 0.2) is 24.3 Å². The Kier molecular flexibility index (Phi) is 4.59. The van der Waals surface area contributed by atoms with Gasteiger partial charge in [0.2, 0.25) is 5.91 Å². The Morgan fingerprint density at radius 3 is 2.90 bits per heavy atom. The maximum Gasteiger partial charge on any atom is 0.230 e. The van der Waals surface area contributed by atoms with E-state index in [0.717, 1.165) is 45.1 Å². The molecule has 1 saturated heterocycles. The van der Waals surface area contributed by atoms with E-state index in [4.69, 9.17) is 5.73 Å². The van der Waals surface area contributed by atoms with Gasteiger partial charge in [-0.1, -0.05) is 24.3 Å². The first-order valence-electron chi connectivity index (χ1n) is 8.39. The molecule has 3 heteroatoms. The zero-order valence-corrected chi connectivity index (χ0v) is 12.8. The molecular weight excluding hydrogens is 260 g/mol. The van der Waals surface area contributed by atoms with E-state index in [1.165, 1.54) is 17.5 Å². The summed E-state index contributed by atoms with van der Waals surface area (Å²) in [5.41, 5.74) is 8.38. The van der Waals surface area contributed by atoms with Crippen molar-refractivity contribution in [2.75, 3.05) is 13.1 Å². The van der Waals surface area contributed by atoms with E-state index in [1.807, 2.05) is 0 Å². The lowest BCUT2D eigenvalue weighted by Gasteiger charge is -2.39. The number of carbonyl (C=O) groups is 1. The number of hydrogen-bond donors (Lipinski definition) is 1. The largest absolute Gasteiger partial charge is 0.339 e. The summed E-state index contributed by atoms with van der Waals surface area (Å²) in [7, 11) is 0. The number of carbonyl (C=O) groups excluding carboxylic acids is 1. The number of amides is 1. The van der Waals surface area contributed by atoms with Crippen LogP contribution in [-0.4, -0.2) is 29.9 Å². The van der Waals surface area contributed by atoms with Gasteiger partial charge in [-0.05, 0) is 62.6 Å². The number of piperidine rings is 1. The van der Waals surface area contributed by atoms with Crippen molar-refractivity contribution >= 4 is 5.91 Å². The molecule has 1 aromatic rings. The number of aryl methyl sites for hydroxylation is 1. The van der Waals surface area contributed by atoms with E-state index in [2.05, 4.69) is 29.2 Å². The minimum atomic E-state index is 0.0772. The zero-order valence-electron chi connectivity index (χ0n) is 12.8. The maximum atomic E-state index is 13.1. The highest BCUT2D eigenvalue weighted by Gasteiger charge is 2.33. The van der Waals surface area contributed by atoms with Gasteiger partial charge in [-0.2, -0.15) is 0 Å². The van der Waals surface area contributed by atoms with Crippen molar-refractivity contribution in [3.8, 4) is 0 Å². The molecule has 0 bridgehead atoms. The standard InChI is InChI=1S/C18H26N2O/c19-12-11-15-8-3-4-13-20(15)18(21)17-10-5-7-14-6-1-2-9-16(14)17/h1-2,6,9,15,17H,3-5,7-8,10-13,19H2. The highest BCUT2D eigenvalue weighted by atomic mass is 16.2. The summed E-state index contributed by atoms with van der Waals surface area (Å²) >= 11 is 0. The summed E-state index contributed by atoms with van der Waals surface area (Å²) in [5, 5.41) is 0. The van der Waals surface area contributed by atoms with Crippen LogP contribution in [0.5, 0.6) is 0 Å². The van der Waals surface area contributed by atoms with Gasteiger partial charge in [-0.25, -0.2) is 0 Å². The van der Waals surface area contributed by atoms with E-state index in [0.29, 0.717) is 18.5 Å². The van der Waals surface area contributed by atoms with Crippen LogP contribution in [0.4, 0.5) is 0 Å². The lowest BCUT2D eigenvalue weighted by Crippen LogP contribution is -2.47. The summed E-state index contributed by atoms with van der Waals surface area (Å²) in [6, 6.07) is 8.86. The molecule has 1 aliphatic carbocycles. The number of nitrogens with two attached hydrogens (primary N) is 1. The lowest BCUT2D eigenvalue weighted by molar-refractivity contribution is -0.137. The Morgan fingerprint density at radius 1 is 1.19 bits per heavy atom. The Morgan fingerprint density at radius 2 is 2.05 bits per heavy atom. The molecule has 0 saturated carbocycles. The summed E-state index contributed by atoms with van der Waals surface area (Å²) in [5.74, 6) is 0.425. The van der Waals surface area contributed by atoms with Crippen molar-refractivity contribution in [1.82, 2.24) is 4.90 Å². The Balaban J connectivity index is 1.81. The molecule has 2 aliphatic rings. The number of benzene rings is 1. The van der Waals surface area contributed by atoms with Gasteiger partial charge in [0, 0.05) is 12.6 Å². The van der Waals surface area contributed by atoms with Crippen LogP contribution in [0.25, 0.3) is 0 Å². The number of fused-ring (bicyclic) bond motifs is 1. The summed E-state index contributed by atoms with van der Waals surface area (Å²) in [4.78, 5) is 15.2. The molecule has 1 aromatic carbocycles. The Hall–Kier alpha value is -1.35. The van der Waals surface area contributed by atoms with Crippen LogP contribution in [0.3, 0.4) is 0 Å². The molecule has 2 N–H and O–H groups in total. The molecule has 21 heavy (non-hydrogen) atoms. The Labute approximate surface area is 127 Å². The molecule has 3 nitrogen and oxygen atoms in total. The van der Waals surface area contributed by atoms with Crippen LogP contribution in [0, 0.1) is 0 Å². The van der Waals surface area contributed by atoms with Crippen LogP contribution in [0.1, 0.15) is 55.6 Å². The predicted molar refractivity (Wildman–Crippen MR) is 85.1 cm³/mol. The van der Waals surface area contributed by atoms with Gasteiger partial charge in [0.1, 0.15) is 0 Å². The molecule has 0 spiro atoms. The first-order valence-corrected chi connectivity index (χ1v) is 8.39. The van der Waals surface area contributed by atoms with E-state index >= 15 is 0 Å². The minimum Gasteiger partial charge on any atom is -0.339 e. The normalized spacial score (nSPS) is 25.5. The smallest absolute Gasteiger partial charge is 0.230 e. The van der Waals surface area contributed by atoms with Gasteiger partial charge in [-0.3, -0.25) is 4.79 Å². The predicted octanol–water partition coefficient (Wildman–Crippen LogP) is 2.84. The molecular formula is C18H26N2O. The van der Waals surface area contributed by atoms with Gasteiger partial charge in [0.25, 0.3) is 0 Å². The molecule has 2 atom stereocenters. The average molecular weight is 286 g/mol. The fraction of sp³-hybridized carbons (Fsp3) is 0.611.